The summed E-state index contributed by atoms with van der Waals surface area (Å²) in [4.78, 5) is 2.65. The van der Waals surface area contributed by atoms with E-state index in [1.165, 1.54) is 19.4 Å². The van der Waals surface area contributed by atoms with Gasteiger partial charge in [0, 0.05) is 25.2 Å². The summed E-state index contributed by atoms with van der Waals surface area (Å²) in [5.74, 6) is 0.819. The summed E-state index contributed by atoms with van der Waals surface area (Å²) < 4.78 is 5.53. The van der Waals surface area contributed by atoms with Crippen LogP contribution in [0.25, 0.3) is 0 Å². The van der Waals surface area contributed by atoms with Crippen LogP contribution in [0.2, 0.25) is 0 Å². The van der Waals surface area contributed by atoms with Crippen molar-refractivity contribution >= 4 is 0 Å². The van der Waals surface area contributed by atoms with Gasteiger partial charge >= 0.3 is 0 Å². The van der Waals surface area contributed by atoms with Crippen molar-refractivity contribution < 1.29 is 4.74 Å². The lowest BCUT2D eigenvalue weighted by atomic mass is 10.1. The highest BCUT2D eigenvalue weighted by atomic mass is 16.5. The fourth-order valence-corrected chi connectivity index (χ4v) is 2.55. The number of hydrogen-bond donors (Lipinski definition) is 0. The van der Waals surface area contributed by atoms with Gasteiger partial charge in [0.05, 0.1) is 6.61 Å². The molecule has 12 heavy (non-hydrogen) atoms. The molecule has 2 aliphatic rings. The van der Waals surface area contributed by atoms with Crippen LogP contribution in [-0.4, -0.2) is 36.7 Å². The molecule has 2 aliphatic heterocycles. The predicted octanol–water partition coefficient (Wildman–Crippen LogP) is 1.51. The molecule has 2 heterocycles. The third kappa shape index (κ3) is 1.50. The summed E-state index contributed by atoms with van der Waals surface area (Å²) in [7, 11) is 0. The second-order valence-corrected chi connectivity index (χ2v) is 4.41. The fraction of sp³-hybridized carbons (Fsp3) is 1.00. The molecule has 2 bridgehead atoms. The lowest BCUT2D eigenvalue weighted by molar-refractivity contribution is 0.0742. The minimum absolute atomic E-state index is 0.720. The molecule has 0 spiro atoms. The van der Waals surface area contributed by atoms with Crippen molar-refractivity contribution in [3.63, 3.8) is 0 Å². The third-order valence-corrected chi connectivity index (χ3v) is 3.16. The van der Waals surface area contributed by atoms with E-state index in [1.807, 2.05) is 0 Å². The van der Waals surface area contributed by atoms with Gasteiger partial charge in [0.15, 0.2) is 0 Å². The van der Waals surface area contributed by atoms with E-state index in [0.29, 0.717) is 0 Å². The first kappa shape index (κ1) is 8.52. The molecule has 0 aromatic heterocycles. The Balaban J connectivity index is 2.02. The van der Waals surface area contributed by atoms with Gasteiger partial charge in [-0.05, 0) is 32.6 Å². The van der Waals surface area contributed by atoms with Gasteiger partial charge in [-0.15, -0.1) is 0 Å². The first-order valence-electron chi connectivity index (χ1n) is 5.11. The van der Waals surface area contributed by atoms with E-state index in [2.05, 4.69) is 18.7 Å². The summed E-state index contributed by atoms with van der Waals surface area (Å²) in [6.45, 7) is 7.85. The van der Waals surface area contributed by atoms with Gasteiger partial charge in [0.2, 0.25) is 0 Å². The van der Waals surface area contributed by atoms with Crippen molar-refractivity contribution in [2.75, 3.05) is 19.8 Å². The molecule has 2 unspecified atom stereocenters. The Morgan fingerprint density at radius 2 is 2.25 bits per heavy atom. The van der Waals surface area contributed by atoms with E-state index in [0.717, 1.165) is 31.2 Å². The minimum Gasteiger partial charge on any atom is -0.381 e. The van der Waals surface area contributed by atoms with Gasteiger partial charge in [-0.3, -0.25) is 4.90 Å². The van der Waals surface area contributed by atoms with Gasteiger partial charge in [0.25, 0.3) is 0 Å². The highest BCUT2D eigenvalue weighted by Crippen LogP contribution is 2.29. The smallest absolute Gasteiger partial charge is 0.0507 e. The number of ether oxygens (including phenoxy) is 1. The maximum atomic E-state index is 5.53. The van der Waals surface area contributed by atoms with Crippen LogP contribution < -0.4 is 0 Å². The lowest BCUT2D eigenvalue weighted by Gasteiger charge is -2.29. The van der Waals surface area contributed by atoms with Gasteiger partial charge in [0.1, 0.15) is 0 Å². The second-order valence-electron chi connectivity index (χ2n) is 4.41. The summed E-state index contributed by atoms with van der Waals surface area (Å²) in [6.07, 6.45) is 2.62. The quantitative estimate of drug-likeness (QED) is 0.590. The Labute approximate surface area is 74.9 Å². The monoisotopic (exact) mass is 169 g/mol. The second kappa shape index (κ2) is 3.35. The zero-order chi connectivity index (χ0) is 8.55. The SMILES string of the molecule is CC(C)N1CC2COCCC1C2. The normalized spacial score (nSPS) is 37.2. The third-order valence-electron chi connectivity index (χ3n) is 3.16. The minimum atomic E-state index is 0.720. The molecule has 0 aromatic rings. The standard InChI is InChI=1S/C10H19NO/c1-8(2)11-6-9-5-10(11)3-4-12-7-9/h8-10H,3-7H2,1-2H3. The molecule has 2 rings (SSSR count). The Morgan fingerprint density at radius 1 is 1.42 bits per heavy atom. The van der Waals surface area contributed by atoms with Crippen molar-refractivity contribution in [1.82, 2.24) is 4.90 Å². The molecular formula is C10H19NO. The van der Waals surface area contributed by atoms with Crippen LogP contribution in [0, 0.1) is 5.92 Å². The van der Waals surface area contributed by atoms with Crippen LogP contribution in [-0.2, 0) is 4.74 Å². The van der Waals surface area contributed by atoms with Crippen LogP contribution >= 0.6 is 0 Å². The maximum absolute atomic E-state index is 5.53. The highest BCUT2D eigenvalue weighted by Gasteiger charge is 2.34. The predicted molar refractivity (Wildman–Crippen MR) is 49.2 cm³/mol. The van der Waals surface area contributed by atoms with E-state index in [4.69, 9.17) is 4.74 Å². The Hall–Kier alpha value is -0.0800. The molecule has 2 saturated heterocycles. The first-order valence-corrected chi connectivity index (χ1v) is 5.11. The number of fused-ring (bicyclic) bond motifs is 2. The summed E-state index contributed by atoms with van der Waals surface area (Å²) in [5.41, 5.74) is 0. The number of likely N-dealkylation sites (tertiary alicyclic amines) is 1. The molecule has 0 aromatic carbocycles. The van der Waals surface area contributed by atoms with Crippen molar-refractivity contribution in [3.05, 3.63) is 0 Å². The average molecular weight is 169 g/mol. The Morgan fingerprint density at radius 3 is 3.00 bits per heavy atom. The molecule has 0 radical (unpaired) electrons. The lowest BCUT2D eigenvalue weighted by Crippen LogP contribution is -2.37. The molecular weight excluding hydrogens is 150 g/mol. The van der Waals surface area contributed by atoms with Crippen molar-refractivity contribution in [1.29, 1.82) is 0 Å². The number of hydrogen-bond acceptors (Lipinski definition) is 2. The Kier molecular flexibility index (Phi) is 2.37. The summed E-state index contributed by atoms with van der Waals surface area (Å²) in [5, 5.41) is 0. The summed E-state index contributed by atoms with van der Waals surface area (Å²) >= 11 is 0. The maximum Gasteiger partial charge on any atom is 0.0507 e. The molecule has 0 amide bonds. The van der Waals surface area contributed by atoms with Gasteiger partial charge in [-0.25, -0.2) is 0 Å². The molecule has 0 aliphatic carbocycles. The van der Waals surface area contributed by atoms with E-state index in [9.17, 15) is 0 Å². The molecule has 70 valence electrons. The zero-order valence-electron chi connectivity index (χ0n) is 8.12. The number of nitrogens with zero attached hydrogens (tertiary/aromatic N) is 1. The fourth-order valence-electron chi connectivity index (χ4n) is 2.55. The molecule has 2 nitrogen and oxygen atoms in total. The van der Waals surface area contributed by atoms with E-state index in [1.54, 1.807) is 0 Å². The van der Waals surface area contributed by atoms with Crippen LogP contribution in [0.5, 0.6) is 0 Å². The van der Waals surface area contributed by atoms with Gasteiger partial charge in [-0.2, -0.15) is 0 Å². The highest BCUT2D eigenvalue weighted by molar-refractivity contribution is 4.88. The Bertz CT molecular complexity index is 158. The van der Waals surface area contributed by atoms with E-state index in [-0.39, 0.29) is 0 Å². The zero-order valence-corrected chi connectivity index (χ0v) is 8.12. The van der Waals surface area contributed by atoms with Crippen molar-refractivity contribution in [2.45, 2.75) is 38.8 Å². The number of rotatable bonds is 1. The van der Waals surface area contributed by atoms with Crippen LogP contribution in [0.15, 0.2) is 0 Å². The largest absolute Gasteiger partial charge is 0.381 e. The molecule has 2 fully saturated rings. The van der Waals surface area contributed by atoms with Gasteiger partial charge < -0.3 is 4.74 Å². The topological polar surface area (TPSA) is 12.5 Å². The first-order chi connectivity index (χ1) is 5.77. The van der Waals surface area contributed by atoms with Crippen LogP contribution in [0.4, 0.5) is 0 Å². The van der Waals surface area contributed by atoms with E-state index >= 15 is 0 Å². The molecule has 0 N–H and O–H groups in total. The average Bonchev–Trinajstić information content (AvgIpc) is 2.23. The van der Waals surface area contributed by atoms with Crippen molar-refractivity contribution in [2.24, 2.45) is 5.92 Å². The van der Waals surface area contributed by atoms with E-state index < -0.39 is 0 Å². The summed E-state index contributed by atoms with van der Waals surface area (Å²) in [6, 6.07) is 1.54. The molecule has 2 atom stereocenters. The molecule has 0 saturated carbocycles. The van der Waals surface area contributed by atoms with Crippen LogP contribution in [0.3, 0.4) is 0 Å². The van der Waals surface area contributed by atoms with Gasteiger partial charge in [-0.1, -0.05) is 0 Å². The van der Waals surface area contributed by atoms with Crippen LogP contribution in [0.1, 0.15) is 26.7 Å². The molecule has 2 heteroatoms. The van der Waals surface area contributed by atoms with Crippen molar-refractivity contribution in [3.8, 4) is 0 Å².